The van der Waals surface area contributed by atoms with Gasteiger partial charge in [-0.15, -0.1) is 0 Å². The van der Waals surface area contributed by atoms with E-state index in [9.17, 15) is 0 Å². The summed E-state index contributed by atoms with van der Waals surface area (Å²) < 4.78 is 21.3. The summed E-state index contributed by atoms with van der Waals surface area (Å²) in [5.41, 5.74) is 0. The third-order valence-electron chi connectivity index (χ3n) is 2.94. The van der Waals surface area contributed by atoms with Gasteiger partial charge >= 0.3 is 0 Å². The lowest BCUT2D eigenvalue weighted by Gasteiger charge is -2.30. The van der Waals surface area contributed by atoms with Crippen LogP contribution in [0.2, 0.25) is 0 Å². The highest BCUT2D eigenvalue weighted by Crippen LogP contribution is 2.01. The van der Waals surface area contributed by atoms with Crippen LogP contribution >= 0.6 is 0 Å². The number of likely N-dealkylation sites (N-methyl/N-ethyl adjacent to an activating group) is 1. The maximum absolute atomic E-state index is 5.65. The summed E-state index contributed by atoms with van der Waals surface area (Å²) >= 11 is 0. The van der Waals surface area contributed by atoms with Crippen LogP contribution in [0.5, 0.6) is 0 Å². The lowest BCUT2D eigenvalue weighted by Crippen LogP contribution is -2.45. The second kappa shape index (κ2) is 11.6. The molecule has 1 fully saturated rings. The molecule has 1 aliphatic rings. The van der Waals surface area contributed by atoms with Crippen LogP contribution in [-0.2, 0) is 18.9 Å². The lowest BCUT2D eigenvalue weighted by molar-refractivity contribution is -0.0192. The average Bonchev–Trinajstić information content (AvgIpc) is 2.41. The Labute approximate surface area is 116 Å². The normalized spacial score (nSPS) is 20.8. The first-order chi connectivity index (χ1) is 9.33. The summed E-state index contributed by atoms with van der Waals surface area (Å²) in [7, 11) is 3.79. The van der Waals surface area contributed by atoms with Crippen LogP contribution in [0, 0.1) is 0 Å². The van der Waals surface area contributed by atoms with Crippen molar-refractivity contribution in [3.63, 3.8) is 0 Å². The van der Waals surface area contributed by atoms with E-state index in [4.69, 9.17) is 18.9 Å². The Morgan fingerprint density at radius 2 is 1.89 bits per heavy atom. The Kier molecular flexibility index (Phi) is 10.2. The molecule has 6 nitrogen and oxygen atoms in total. The van der Waals surface area contributed by atoms with E-state index in [1.165, 1.54) is 0 Å². The molecule has 1 aliphatic heterocycles. The summed E-state index contributed by atoms with van der Waals surface area (Å²) in [6.45, 7) is 7.83. The molecule has 0 saturated carbocycles. The Bertz CT molecular complexity index is 207. The standard InChI is InChI=1S/C13H28N2O4/c1-15-4-6-19-13(12-15)11-14-3-5-17-9-10-18-8-7-16-2/h13-14H,3-12H2,1-2H3. The molecule has 0 aliphatic carbocycles. The van der Waals surface area contributed by atoms with Crippen molar-refractivity contribution in [2.45, 2.75) is 6.10 Å². The van der Waals surface area contributed by atoms with Gasteiger partial charge in [0.25, 0.3) is 0 Å². The molecule has 0 aromatic carbocycles. The summed E-state index contributed by atoms with van der Waals surface area (Å²) in [4.78, 5) is 2.30. The molecule has 1 atom stereocenters. The summed E-state index contributed by atoms with van der Waals surface area (Å²) in [5, 5.41) is 3.35. The van der Waals surface area contributed by atoms with Crippen LogP contribution in [0.15, 0.2) is 0 Å². The molecule has 0 amide bonds. The first-order valence-corrected chi connectivity index (χ1v) is 6.98. The molecule has 0 bridgehead atoms. The Balaban J connectivity index is 1.78. The van der Waals surface area contributed by atoms with Crippen molar-refractivity contribution in [2.75, 3.05) is 80.0 Å². The van der Waals surface area contributed by atoms with E-state index in [-0.39, 0.29) is 0 Å². The number of hydrogen-bond donors (Lipinski definition) is 1. The molecule has 1 rings (SSSR count). The predicted molar refractivity (Wildman–Crippen MR) is 73.6 cm³/mol. The van der Waals surface area contributed by atoms with Gasteiger partial charge in [0.15, 0.2) is 0 Å². The van der Waals surface area contributed by atoms with Crippen molar-refractivity contribution < 1.29 is 18.9 Å². The topological polar surface area (TPSA) is 52.2 Å². The Hall–Kier alpha value is -0.240. The minimum atomic E-state index is 0.302. The van der Waals surface area contributed by atoms with Gasteiger partial charge in [0.05, 0.1) is 45.7 Å². The smallest absolute Gasteiger partial charge is 0.0826 e. The highest BCUT2D eigenvalue weighted by molar-refractivity contribution is 4.70. The SMILES string of the molecule is COCCOCCOCCNCC1CN(C)CCO1. The fourth-order valence-corrected chi connectivity index (χ4v) is 1.86. The number of ether oxygens (including phenoxy) is 4. The molecule has 1 unspecified atom stereocenters. The van der Waals surface area contributed by atoms with Crippen LogP contribution in [0.1, 0.15) is 0 Å². The number of nitrogens with one attached hydrogen (secondary N) is 1. The number of methoxy groups -OCH3 is 1. The molecule has 1 saturated heterocycles. The van der Waals surface area contributed by atoms with Gasteiger partial charge in [-0.3, -0.25) is 0 Å². The molecule has 0 radical (unpaired) electrons. The minimum Gasteiger partial charge on any atom is -0.382 e. The van der Waals surface area contributed by atoms with Gasteiger partial charge < -0.3 is 29.2 Å². The molecule has 19 heavy (non-hydrogen) atoms. The van der Waals surface area contributed by atoms with Gasteiger partial charge in [0.2, 0.25) is 0 Å². The number of rotatable bonds is 11. The van der Waals surface area contributed by atoms with Gasteiger partial charge in [-0.25, -0.2) is 0 Å². The zero-order valence-electron chi connectivity index (χ0n) is 12.2. The van der Waals surface area contributed by atoms with Gasteiger partial charge in [-0.1, -0.05) is 0 Å². The van der Waals surface area contributed by atoms with Crippen molar-refractivity contribution in [3.05, 3.63) is 0 Å². The fourth-order valence-electron chi connectivity index (χ4n) is 1.86. The predicted octanol–water partition coefficient (Wildman–Crippen LogP) is -0.414. The quantitative estimate of drug-likeness (QED) is 0.518. The fraction of sp³-hybridized carbons (Fsp3) is 1.00. The largest absolute Gasteiger partial charge is 0.382 e. The number of nitrogens with zero attached hydrogens (tertiary/aromatic N) is 1. The van der Waals surface area contributed by atoms with Crippen molar-refractivity contribution in [1.82, 2.24) is 10.2 Å². The molecule has 114 valence electrons. The molecule has 0 spiro atoms. The molecule has 1 N–H and O–H groups in total. The van der Waals surface area contributed by atoms with Gasteiger partial charge in [-0.2, -0.15) is 0 Å². The first-order valence-electron chi connectivity index (χ1n) is 6.98. The second-order valence-electron chi connectivity index (χ2n) is 4.68. The molecule has 0 aromatic heterocycles. The maximum atomic E-state index is 5.65. The van der Waals surface area contributed by atoms with E-state index in [1.807, 2.05) is 0 Å². The van der Waals surface area contributed by atoms with E-state index in [0.717, 1.165) is 32.8 Å². The monoisotopic (exact) mass is 276 g/mol. The van der Waals surface area contributed by atoms with Gasteiger partial charge in [0, 0.05) is 33.3 Å². The Morgan fingerprint density at radius 1 is 1.16 bits per heavy atom. The van der Waals surface area contributed by atoms with Crippen molar-refractivity contribution in [3.8, 4) is 0 Å². The van der Waals surface area contributed by atoms with Crippen molar-refractivity contribution in [1.29, 1.82) is 0 Å². The molecule has 6 heteroatoms. The average molecular weight is 276 g/mol. The van der Waals surface area contributed by atoms with Crippen LogP contribution in [0.3, 0.4) is 0 Å². The molecular formula is C13H28N2O4. The molecular weight excluding hydrogens is 248 g/mol. The number of hydrogen-bond acceptors (Lipinski definition) is 6. The van der Waals surface area contributed by atoms with E-state index < -0.39 is 0 Å². The van der Waals surface area contributed by atoms with E-state index in [2.05, 4.69) is 17.3 Å². The van der Waals surface area contributed by atoms with Crippen LogP contribution < -0.4 is 5.32 Å². The molecule has 1 heterocycles. The zero-order chi connectivity index (χ0) is 13.8. The van der Waals surface area contributed by atoms with Crippen molar-refractivity contribution in [2.24, 2.45) is 0 Å². The van der Waals surface area contributed by atoms with Gasteiger partial charge in [-0.05, 0) is 7.05 Å². The van der Waals surface area contributed by atoms with E-state index in [0.29, 0.717) is 39.1 Å². The summed E-state index contributed by atoms with van der Waals surface area (Å²) in [6, 6.07) is 0. The zero-order valence-corrected chi connectivity index (χ0v) is 12.2. The first kappa shape index (κ1) is 16.8. The Morgan fingerprint density at radius 3 is 2.63 bits per heavy atom. The summed E-state index contributed by atoms with van der Waals surface area (Å²) in [6.07, 6.45) is 0.302. The van der Waals surface area contributed by atoms with Crippen LogP contribution in [-0.4, -0.2) is 91.0 Å². The van der Waals surface area contributed by atoms with E-state index in [1.54, 1.807) is 7.11 Å². The van der Waals surface area contributed by atoms with E-state index >= 15 is 0 Å². The highest BCUT2D eigenvalue weighted by atomic mass is 16.5. The lowest BCUT2D eigenvalue weighted by atomic mass is 10.3. The minimum absolute atomic E-state index is 0.302. The number of morpholine rings is 1. The van der Waals surface area contributed by atoms with Crippen LogP contribution in [0.25, 0.3) is 0 Å². The third-order valence-corrected chi connectivity index (χ3v) is 2.94. The maximum Gasteiger partial charge on any atom is 0.0826 e. The van der Waals surface area contributed by atoms with Gasteiger partial charge in [0.1, 0.15) is 0 Å². The summed E-state index contributed by atoms with van der Waals surface area (Å²) in [5.74, 6) is 0. The highest BCUT2D eigenvalue weighted by Gasteiger charge is 2.16. The van der Waals surface area contributed by atoms with Crippen molar-refractivity contribution >= 4 is 0 Å². The second-order valence-corrected chi connectivity index (χ2v) is 4.68. The van der Waals surface area contributed by atoms with Crippen LogP contribution in [0.4, 0.5) is 0 Å². The molecule has 0 aromatic rings. The third kappa shape index (κ3) is 9.32.